The Morgan fingerprint density at radius 3 is 3.07 bits per heavy atom. The Morgan fingerprint density at radius 1 is 1.67 bits per heavy atom. The van der Waals surface area contributed by atoms with Crippen molar-refractivity contribution in [1.29, 1.82) is 5.26 Å². The first-order valence-electron chi connectivity index (χ1n) is 4.09. The first kappa shape index (κ1) is 9.55. The average molecular weight is 219 g/mol. The van der Waals surface area contributed by atoms with Crippen LogP contribution in [0.5, 0.6) is 0 Å². The van der Waals surface area contributed by atoms with Crippen LogP contribution in [0.15, 0.2) is 27.8 Å². The van der Waals surface area contributed by atoms with Crippen LogP contribution >= 0.6 is 12.2 Å². The van der Waals surface area contributed by atoms with E-state index in [-0.39, 0.29) is 10.8 Å². The first-order valence-corrected chi connectivity index (χ1v) is 4.50. The summed E-state index contributed by atoms with van der Waals surface area (Å²) >= 11 is 4.76. The van der Waals surface area contributed by atoms with E-state index in [1.54, 1.807) is 12.1 Å². The molecule has 1 aromatic rings. The van der Waals surface area contributed by atoms with Gasteiger partial charge in [-0.3, -0.25) is 10.1 Å². The van der Waals surface area contributed by atoms with E-state index in [4.69, 9.17) is 21.9 Å². The van der Waals surface area contributed by atoms with Gasteiger partial charge in [0.2, 0.25) is 5.91 Å². The second kappa shape index (κ2) is 3.63. The highest BCUT2D eigenvalue weighted by atomic mass is 32.1. The van der Waals surface area contributed by atoms with E-state index in [1.165, 1.54) is 6.26 Å². The Hall–Kier alpha value is -2.00. The van der Waals surface area contributed by atoms with Crippen LogP contribution in [0, 0.1) is 17.2 Å². The number of thiocarbonyl (C=S) groups is 1. The topological polar surface area (TPSA) is 78.4 Å². The van der Waals surface area contributed by atoms with Gasteiger partial charge >= 0.3 is 0 Å². The summed E-state index contributed by atoms with van der Waals surface area (Å²) in [5.41, 5.74) is 0.260. The van der Waals surface area contributed by atoms with Crippen molar-refractivity contribution in [3.8, 4) is 6.07 Å². The van der Waals surface area contributed by atoms with Gasteiger partial charge in [0, 0.05) is 0 Å². The zero-order chi connectivity index (χ0) is 10.8. The molecule has 0 radical (unpaired) electrons. The predicted molar refractivity (Wildman–Crippen MR) is 55.1 cm³/mol. The van der Waals surface area contributed by atoms with E-state index < -0.39 is 11.8 Å². The second-order valence-corrected chi connectivity index (χ2v) is 3.22. The highest BCUT2D eigenvalue weighted by Gasteiger charge is 2.31. The SMILES string of the molecule is N#CC1C(=O)NC(=S)N=C1c1ccco1. The standard InChI is InChI=1S/C9H5N3O2S/c10-4-5-7(6-2-1-3-14-6)11-9(15)12-8(5)13/h1-3,5H,(H,12,13,15). The van der Waals surface area contributed by atoms with E-state index in [1.807, 2.05) is 6.07 Å². The number of hydrogen-bond acceptors (Lipinski definition) is 4. The highest BCUT2D eigenvalue weighted by molar-refractivity contribution is 7.80. The Kier molecular flexibility index (Phi) is 2.31. The van der Waals surface area contributed by atoms with Gasteiger partial charge in [-0.1, -0.05) is 0 Å². The van der Waals surface area contributed by atoms with Crippen molar-refractivity contribution in [3.05, 3.63) is 24.2 Å². The lowest BCUT2D eigenvalue weighted by Gasteiger charge is -2.15. The molecule has 1 atom stereocenters. The molecule has 15 heavy (non-hydrogen) atoms. The summed E-state index contributed by atoms with van der Waals surface area (Å²) in [4.78, 5) is 15.3. The predicted octanol–water partition coefficient (Wildman–Crippen LogP) is 0.623. The highest BCUT2D eigenvalue weighted by Crippen LogP contribution is 2.14. The van der Waals surface area contributed by atoms with Crippen LogP contribution in [0.1, 0.15) is 5.76 Å². The van der Waals surface area contributed by atoms with Crippen molar-refractivity contribution in [3.63, 3.8) is 0 Å². The minimum Gasteiger partial charge on any atom is -0.463 e. The minimum absolute atomic E-state index is 0.0536. The number of amides is 1. The molecule has 1 amide bonds. The van der Waals surface area contributed by atoms with Gasteiger partial charge in [0.25, 0.3) is 0 Å². The molecule has 0 saturated heterocycles. The van der Waals surface area contributed by atoms with Crippen LogP contribution < -0.4 is 5.32 Å². The maximum Gasteiger partial charge on any atom is 0.249 e. The van der Waals surface area contributed by atoms with Gasteiger partial charge in [0.05, 0.1) is 12.3 Å². The molecule has 0 spiro atoms. The molecule has 1 unspecified atom stereocenters. The molecule has 0 saturated carbocycles. The Labute approximate surface area is 90.4 Å². The normalized spacial score (nSPS) is 20.5. The number of carbonyl (C=O) groups is 1. The molecule has 0 bridgehead atoms. The van der Waals surface area contributed by atoms with Gasteiger partial charge in [-0.15, -0.1) is 0 Å². The van der Waals surface area contributed by atoms with E-state index in [9.17, 15) is 4.79 Å². The molecular weight excluding hydrogens is 214 g/mol. The maximum absolute atomic E-state index is 11.4. The third-order valence-electron chi connectivity index (χ3n) is 1.89. The number of carbonyl (C=O) groups excluding carboxylic acids is 1. The number of rotatable bonds is 1. The zero-order valence-electron chi connectivity index (χ0n) is 7.43. The molecule has 2 heterocycles. The number of nitrogens with zero attached hydrogens (tertiary/aromatic N) is 2. The van der Waals surface area contributed by atoms with Gasteiger partial charge in [0.15, 0.2) is 11.0 Å². The summed E-state index contributed by atoms with van der Waals surface area (Å²) in [6.45, 7) is 0. The summed E-state index contributed by atoms with van der Waals surface area (Å²) < 4.78 is 5.08. The smallest absolute Gasteiger partial charge is 0.249 e. The number of nitriles is 1. The van der Waals surface area contributed by atoms with Crippen molar-refractivity contribution in [2.24, 2.45) is 10.9 Å². The van der Waals surface area contributed by atoms with Gasteiger partial charge in [-0.25, -0.2) is 4.99 Å². The fraction of sp³-hybridized carbons (Fsp3) is 0.111. The molecule has 1 aliphatic heterocycles. The number of hydrogen-bond donors (Lipinski definition) is 1. The van der Waals surface area contributed by atoms with Crippen molar-refractivity contribution >= 4 is 28.9 Å². The quantitative estimate of drug-likeness (QED) is 0.702. The molecule has 0 aliphatic carbocycles. The number of furan rings is 1. The van der Waals surface area contributed by atoms with Gasteiger partial charge in [-0.05, 0) is 24.4 Å². The molecule has 6 heteroatoms. The molecule has 1 N–H and O–H groups in total. The van der Waals surface area contributed by atoms with Crippen LogP contribution in [0.2, 0.25) is 0 Å². The number of aliphatic imine (C=N–C) groups is 1. The fourth-order valence-corrected chi connectivity index (χ4v) is 1.44. The van der Waals surface area contributed by atoms with Crippen molar-refractivity contribution in [1.82, 2.24) is 5.32 Å². The molecule has 0 aromatic carbocycles. The van der Waals surface area contributed by atoms with Crippen LogP contribution in [0.25, 0.3) is 0 Å². The minimum atomic E-state index is -0.970. The number of nitrogens with one attached hydrogen (secondary N) is 1. The van der Waals surface area contributed by atoms with Crippen LogP contribution in [-0.4, -0.2) is 16.7 Å². The van der Waals surface area contributed by atoms with E-state index >= 15 is 0 Å². The Bertz CT molecular complexity index is 484. The summed E-state index contributed by atoms with van der Waals surface area (Å²) in [5.74, 6) is -1.05. The van der Waals surface area contributed by atoms with Gasteiger partial charge in [0.1, 0.15) is 11.5 Å². The third-order valence-corrected chi connectivity index (χ3v) is 2.08. The summed E-state index contributed by atoms with van der Waals surface area (Å²) in [5, 5.41) is 11.2. The summed E-state index contributed by atoms with van der Waals surface area (Å²) in [6.07, 6.45) is 1.45. The summed E-state index contributed by atoms with van der Waals surface area (Å²) in [7, 11) is 0. The van der Waals surface area contributed by atoms with Crippen LogP contribution in [0.4, 0.5) is 0 Å². The van der Waals surface area contributed by atoms with Crippen LogP contribution in [-0.2, 0) is 4.79 Å². The maximum atomic E-state index is 11.4. The lowest BCUT2D eigenvalue weighted by atomic mass is 10.0. The van der Waals surface area contributed by atoms with Gasteiger partial charge < -0.3 is 4.42 Å². The fourth-order valence-electron chi connectivity index (χ4n) is 1.25. The van der Waals surface area contributed by atoms with Crippen molar-refractivity contribution in [2.45, 2.75) is 0 Å². The molecule has 74 valence electrons. The molecule has 1 aromatic heterocycles. The Morgan fingerprint density at radius 2 is 2.47 bits per heavy atom. The zero-order valence-corrected chi connectivity index (χ0v) is 8.25. The Balaban J connectivity index is 2.48. The molecule has 5 nitrogen and oxygen atoms in total. The molecule has 1 aliphatic rings. The lowest BCUT2D eigenvalue weighted by molar-refractivity contribution is -0.120. The van der Waals surface area contributed by atoms with Gasteiger partial charge in [-0.2, -0.15) is 5.26 Å². The molecule has 0 fully saturated rings. The van der Waals surface area contributed by atoms with Crippen molar-refractivity contribution < 1.29 is 9.21 Å². The monoisotopic (exact) mass is 219 g/mol. The van der Waals surface area contributed by atoms with E-state index in [0.717, 1.165) is 0 Å². The summed E-state index contributed by atoms with van der Waals surface area (Å²) in [6, 6.07) is 5.13. The van der Waals surface area contributed by atoms with Crippen molar-refractivity contribution in [2.75, 3.05) is 0 Å². The lowest BCUT2D eigenvalue weighted by Crippen LogP contribution is -2.42. The average Bonchev–Trinajstić information content (AvgIpc) is 2.69. The van der Waals surface area contributed by atoms with E-state index in [2.05, 4.69) is 10.3 Å². The third kappa shape index (κ3) is 1.65. The van der Waals surface area contributed by atoms with E-state index in [0.29, 0.717) is 5.76 Å². The largest absolute Gasteiger partial charge is 0.463 e. The first-order chi connectivity index (χ1) is 7.22. The molecular formula is C9H5N3O2S. The van der Waals surface area contributed by atoms with Crippen LogP contribution in [0.3, 0.4) is 0 Å². The second-order valence-electron chi connectivity index (χ2n) is 2.83. The molecule has 2 rings (SSSR count).